The summed E-state index contributed by atoms with van der Waals surface area (Å²) in [4.78, 5) is 30.3. The molecule has 4 heterocycles. The summed E-state index contributed by atoms with van der Waals surface area (Å²) in [5.74, 6) is -0.605. The quantitative estimate of drug-likeness (QED) is 0.283. The first-order chi connectivity index (χ1) is 20.2. The normalized spacial score (nSPS) is 18.4. The van der Waals surface area contributed by atoms with Gasteiger partial charge in [-0.3, -0.25) is 0 Å². The third-order valence-electron chi connectivity index (χ3n) is 8.02. The number of halogens is 1. The minimum Gasteiger partial charge on any atom is -0.476 e. The van der Waals surface area contributed by atoms with Crippen LogP contribution in [0.5, 0.6) is 0 Å². The van der Waals surface area contributed by atoms with Crippen LogP contribution in [-0.4, -0.2) is 51.2 Å². The first-order valence-electron chi connectivity index (χ1n) is 13.7. The van der Waals surface area contributed by atoms with Crippen LogP contribution in [0.25, 0.3) is 11.0 Å². The Morgan fingerprint density at radius 3 is 2.40 bits per heavy atom. The number of nitrogens with zero attached hydrogens (tertiary/aromatic N) is 7. The Balaban J connectivity index is 1.36. The summed E-state index contributed by atoms with van der Waals surface area (Å²) >= 11 is 5.95. The van der Waals surface area contributed by atoms with Gasteiger partial charge in [0.25, 0.3) is 0 Å². The van der Waals surface area contributed by atoms with Crippen LogP contribution in [0.15, 0.2) is 48.5 Å². The van der Waals surface area contributed by atoms with Gasteiger partial charge in [-0.15, -0.1) is 0 Å². The predicted octanol–water partition coefficient (Wildman–Crippen LogP) is 5.46. The number of pyridine rings is 1. The highest BCUT2D eigenvalue weighted by atomic mass is 35.5. The summed E-state index contributed by atoms with van der Waals surface area (Å²) in [6.45, 7) is 5.42. The lowest BCUT2D eigenvalue weighted by molar-refractivity contribution is 0.0691. The van der Waals surface area contributed by atoms with Crippen molar-refractivity contribution in [3.8, 4) is 12.1 Å². The molecule has 0 saturated carbocycles. The average molecular weight is 579 g/mol. The number of benzene rings is 2. The van der Waals surface area contributed by atoms with Gasteiger partial charge in [-0.25, -0.2) is 19.7 Å². The molecule has 2 unspecified atom stereocenters. The number of carboxylic acid groups (broad SMARTS) is 1. The number of anilines is 3. The van der Waals surface area contributed by atoms with Crippen LogP contribution < -0.4 is 15.1 Å². The van der Waals surface area contributed by atoms with Crippen molar-refractivity contribution >= 4 is 45.8 Å². The second kappa shape index (κ2) is 10.8. The van der Waals surface area contributed by atoms with Gasteiger partial charge in [-0.1, -0.05) is 17.7 Å². The van der Waals surface area contributed by atoms with E-state index in [4.69, 9.17) is 26.8 Å². The molecule has 2 aliphatic heterocycles. The number of aromatic carboxylic acids is 1. The molecule has 0 aliphatic carbocycles. The Kier molecular flexibility index (Phi) is 7.01. The summed E-state index contributed by atoms with van der Waals surface area (Å²) in [5.41, 5.74) is 5.21. The molecule has 6 rings (SSSR count). The molecule has 0 amide bonds. The smallest absolute Gasteiger partial charge is 0.356 e. The fourth-order valence-corrected chi connectivity index (χ4v) is 6.29. The Bertz CT molecular complexity index is 1780. The topological polar surface area (TPSA) is 142 Å². The maximum atomic E-state index is 11.8. The number of fused-ring (bicyclic) bond motifs is 3. The number of piperazine rings is 1. The molecule has 2 aromatic carbocycles. The van der Waals surface area contributed by atoms with E-state index in [2.05, 4.69) is 32.2 Å². The molecule has 11 heteroatoms. The lowest BCUT2D eigenvalue weighted by atomic mass is 10.0. The number of nitrogens with one attached hydrogen (secondary N) is 1. The number of nitriles is 2. The zero-order valence-electron chi connectivity index (χ0n) is 23.0. The molecular formula is C31H27ClN8O2. The van der Waals surface area contributed by atoms with Crippen LogP contribution in [0.1, 0.15) is 58.7 Å². The van der Waals surface area contributed by atoms with Crippen molar-refractivity contribution in [2.24, 2.45) is 0 Å². The molecule has 2 bridgehead atoms. The minimum atomic E-state index is -1.18. The van der Waals surface area contributed by atoms with Crippen molar-refractivity contribution in [2.45, 2.75) is 44.8 Å². The van der Waals surface area contributed by atoms with Crippen molar-refractivity contribution in [3.05, 3.63) is 81.8 Å². The highest BCUT2D eigenvalue weighted by molar-refractivity contribution is 6.29. The van der Waals surface area contributed by atoms with Crippen molar-refractivity contribution < 1.29 is 9.90 Å². The zero-order chi connectivity index (χ0) is 29.5. The van der Waals surface area contributed by atoms with Gasteiger partial charge in [-0.2, -0.15) is 10.5 Å². The lowest BCUT2D eigenvalue weighted by Crippen LogP contribution is -2.54. The minimum absolute atomic E-state index is 0.0973. The number of hydrogen-bond donors (Lipinski definition) is 2. The Morgan fingerprint density at radius 1 is 1.05 bits per heavy atom. The van der Waals surface area contributed by atoms with Crippen LogP contribution in [0.2, 0.25) is 5.15 Å². The molecule has 42 heavy (non-hydrogen) atoms. The molecule has 0 radical (unpaired) electrons. The Morgan fingerprint density at radius 2 is 1.76 bits per heavy atom. The lowest BCUT2D eigenvalue weighted by Gasteiger charge is -2.43. The van der Waals surface area contributed by atoms with Gasteiger partial charge in [0.2, 0.25) is 0 Å². The van der Waals surface area contributed by atoms with E-state index in [0.29, 0.717) is 33.8 Å². The highest BCUT2D eigenvalue weighted by Gasteiger charge is 2.42. The summed E-state index contributed by atoms with van der Waals surface area (Å²) in [6, 6.07) is 19.1. The third kappa shape index (κ3) is 4.91. The van der Waals surface area contributed by atoms with Gasteiger partial charge in [0, 0.05) is 36.4 Å². The number of carbonyl (C=O) groups is 1. The Hall–Kier alpha value is -4.93. The number of aryl methyl sites for hydroxylation is 1. The molecule has 0 spiro atoms. The molecule has 4 aromatic rings. The Labute approximate surface area is 247 Å². The molecule has 2 fully saturated rings. The van der Waals surface area contributed by atoms with Crippen LogP contribution >= 0.6 is 11.6 Å². The second-order valence-electron chi connectivity index (χ2n) is 10.8. The maximum absolute atomic E-state index is 11.8. The molecular weight excluding hydrogens is 552 g/mol. The van der Waals surface area contributed by atoms with E-state index in [1.807, 2.05) is 50.2 Å². The van der Waals surface area contributed by atoms with Crippen molar-refractivity contribution in [1.82, 2.24) is 15.0 Å². The van der Waals surface area contributed by atoms with Gasteiger partial charge in [0.05, 0.1) is 34.4 Å². The fraction of sp³-hybridized carbons (Fsp3) is 0.290. The summed E-state index contributed by atoms with van der Waals surface area (Å²) < 4.78 is 0. The monoisotopic (exact) mass is 578 g/mol. The third-order valence-corrected chi connectivity index (χ3v) is 8.23. The first-order valence-corrected chi connectivity index (χ1v) is 14.1. The summed E-state index contributed by atoms with van der Waals surface area (Å²) in [6.07, 6.45) is 1.95. The van der Waals surface area contributed by atoms with Gasteiger partial charge in [0.1, 0.15) is 11.2 Å². The number of hydrogen-bond acceptors (Lipinski definition) is 9. The van der Waals surface area contributed by atoms with Crippen LogP contribution in [0, 0.1) is 29.6 Å². The van der Waals surface area contributed by atoms with E-state index in [1.54, 1.807) is 12.1 Å². The zero-order valence-corrected chi connectivity index (χ0v) is 23.8. The number of rotatable bonds is 6. The number of aromatic nitrogens is 3. The molecule has 2 aliphatic rings. The van der Waals surface area contributed by atoms with Crippen LogP contribution in [-0.2, 0) is 0 Å². The van der Waals surface area contributed by atoms with Gasteiger partial charge < -0.3 is 20.2 Å². The first kappa shape index (κ1) is 27.3. The molecule has 2 aromatic heterocycles. The van der Waals surface area contributed by atoms with E-state index in [1.165, 1.54) is 0 Å². The molecule has 210 valence electrons. The van der Waals surface area contributed by atoms with E-state index in [9.17, 15) is 15.2 Å². The number of carboxylic acids is 1. The van der Waals surface area contributed by atoms with Crippen LogP contribution in [0.4, 0.5) is 17.2 Å². The molecule has 3 atom stereocenters. The van der Waals surface area contributed by atoms with Crippen LogP contribution in [0.3, 0.4) is 0 Å². The molecule has 10 nitrogen and oxygen atoms in total. The van der Waals surface area contributed by atoms with Crippen molar-refractivity contribution in [3.63, 3.8) is 0 Å². The summed E-state index contributed by atoms with van der Waals surface area (Å²) in [7, 11) is 0. The van der Waals surface area contributed by atoms with Crippen molar-refractivity contribution in [1.29, 1.82) is 10.5 Å². The predicted molar refractivity (Wildman–Crippen MR) is 160 cm³/mol. The highest BCUT2D eigenvalue weighted by Crippen LogP contribution is 2.38. The fourth-order valence-electron chi connectivity index (χ4n) is 6.14. The van der Waals surface area contributed by atoms with Gasteiger partial charge >= 0.3 is 5.97 Å². The van der Waals surface area contributed by atoms with E-state index in [-0.39, 0.29) is 29.0 Å². The average Bonchev–Trinajstić information content (AvgIpc) is 3.24. The second-order valence-corrected chi connectivity index (χ2v) is 11.2. The van der Waals surface area contributed by atoms with Gasteiger partial charge in [0.15, 0.2) is 17.2 Å². The van der Waals surface area contributed by atoms with Crippen molar-refractivity contribution in [2.75, 3.05) is 28.2 Å². The molecule has 2 saturated heterocycles. The van der Waals surface area contributed by atoms with E-state index in [0.717, 1.165) is 42.7 Å². The summed E-state index contributed by atoms with van der Waals surface area (Å²) in [5, 5.41) is 32.3. The largest absolute Gasteiger partial charge is 0.476 e. The standard InChI is InChI=1S/C31H27ClN8O2/c1-17-11-23(18(2)35-24-9-10-27(32)37-29(24)31(41)42)28-25(12-17)36-26(14-34)30(38-28)40-21-7-8-22(40)16-39(15-21)20-5-3-19(13-33)4-6-20/h3-6,9-12,18,21-22,35H,7-8,15-16H2,1-2H3,(H,41,42)/t18-,21?,22?/m1/s1. The van der Waals surface area contributed by atoms with Gasteiger partial charge in [-0.05, 0) is 74.7 Å². The maximum Gasteiger partial charge on any atom is 0.356 e. The van der Waals surface area contributed by atoms with E-state index < -0.39 is 5.97 Å². The molecule has 2 N–H and O–H groups in total. The van der Waals surface area contributed by atoms with E-state index >= 15 is 0 Å². The SMILES string of the molecule is Cc1cc([C@@H](C)Nc2ccc(Cl)nc2C(=O)O)c2nc(N3C4CCC3CN(c3ccc(C#N)cc3)C4)c(C#N)nc2c1.